The fourth-order valence-corrected chi connectivity index (χ4v) is 2.32. The second-order valence-corrected chi connectivity index (χ2v) is 4.62. The highest BCUT2D eigenvalue weighted by Gasteiger charge is 2.08. The number of benzene rings is 1. The minimum absolute atomic E-state index is 0.741. The van der Waals surface area contributed by atoms with Crippen molar-refractivity contribution >= 4 is 17.2 Å². The van der Waals surface area contributed by atoms with Gasteiger partial charge in [0.05, 0.1) is 6.20 Å². The molecule has 18 heavy (non-hydrogen) atoms. The van der Waals surface area contributed by atoms with E-state index in [1.165, 1.54) is 11.5 Å². The Morgan fingerprint density at radius 2 is 2.11 bits per heavy atom. The first-order valence-electron chi connectivity index (χ1n) is 5.44. The van der Waals surface area contributed by atoms with Gasteiger partial charge in [-0.05, 0) is 13.0 Å². The first kappa shape index (κ1) is 10.9. The fraction of sp³-hybridized carbons (Fsp3) is 0.0833. The minimum Gasteiger partial charge on any atom is -0.398 e. The Labute approximate surface area is 108 Å². The first-order chi connectivity index (χ1) is 8.74. The van der Waals surface area contributed by atoms with E-state index in [1.807, 2.05) is 37.4 Å². The van der Waals surface area contributed by atoms with E-state index >= 15 is 0 Å². The molecule has 6 heteroatoms. The second-order valence-electron chi connectivity index (χ2n) is 3.88. The number of para-hydroxylation sites is 1. The predicted molar refractivity (Wildman–Crippen MR) is 71.6 cm³/mol. The van der Waals surface area contributed by atoms with Gasteiger partial charge in [-0.1, -0.05) is 18.2 Å². The molecule has 0 fully saturated rings. The van der Waals surface area contributed by atoms with E-state index in [9.17, 15) is 0 Å². The van der Waals surface area contributed by atoms with Crippen LogP contribution in [-0.2, 0) is 0 Å². The van der Waals surface area contributed by atoms with Crippen molar-refractivity contribution in [3.05, 3.63) is 42.5 Å². The van der Waals surface area contributed by atoms with Crippen LogP contribution in [-0.4, -0.2) is 19.1 Å². The maximum atomic E-state index is 5.94. The third kappa shape index (κ3) is 1.86. The molecule has 0 spiro atoms. The van der Waals surface area contributed by atoms with Gasteiger partial charge >= 0.3 is 0 Å². The number of nitrogen functional groups attached to an aromatic ring is 1. The molecule has 90 valence electrons. The Hall–Kier alpha value is -2.21. The fourth-order valence-electron chi connectivity index (χ4n) is 1.71. The summed E-state index contributed by atoms with van der Waals surface area (Å²) in [6.07, 6.45) is 3.69. The van der Waals surface area contributed by atoms with Gasteiger partial charge in [0.25, 0.3) is 0 Å². The van der Waals surface area contributed by atoms with Crippen LogP contribution in [0.4, 0.5) is 5.69 Å². The van der Waals surface area contributed by atoms with Crippen LogP contribution in [0.25, 0.3) is 16.3 Å². The monoisotopic (exact) mass is 257 g/mol. The lowest BCUT2D eigenvalue weighted by Gasteiger charge is -2.00. The van der Waals surface area contributed by atoms with Crippen LogP contribution in [0, 0.1) is 6.92 Å². The van der Waals surface area contributed by atoms with Gasteiger partial charge in [0.1, 0.15) is 5.82 Å². The number of anilines is 1. The topological polar surface area (TPSA) is 69.6 Å². The Kier molecular flexibility index (Phi) is 2.56. The molecule has 0 saturated carbocycles. The van der Waals surface area contributed by atoms with E-state index in [1.54, 1.807) is 10.9 Å². The van der Waals surface area contributed by atoms with Gasteiger partial charge < -0.3 is 5.73 Å². The Bertz CT molecular complexity index is 685. The summed E-state index contributed by atoms with van der Waals surface area (Å²) in [6, 6.07) is 7.72. The summed E-state index contributed by atoms with van der Waals surface area (Å²) >= 11 is 1.32. The lowest BCUT2D eigenvalue weighted by Crippen LogP contribution is -1.92. The van der Waals surface area contributed by atoms with Crippen LogP contribution in [0.5, 0.6) is 0 Å². The number of rotatable bonds is 2. The summed E-state index contributed by atoms with van der Waals surface area (Å²) in [7, 11) is 0. The highest BCUT2D eigenvalue weighted by molar-refractivity contribution is 7.08. The third-order valence-corrected chi connectivity index (χ3v) is 3.36. The molecule has 0 unspecified atom stereocenters. The van der Waals surface area contributed by atoms with Crippen LogP contribution in [0.15, 0.2) is 36.7 Å². The van der Waals surface area contributed by atoms with Gasteiger partial charge in [-0.3, -0.25) is 0 Å². The zero-order valence-electron chi connectivity index (χ0n) is 9.74. The van der Waals surface area contributed by atoms with Gasteiger partial charge in [0.2, 0.25) is 5.13 Å². The molecule has 3 aromatic rings. The number of hydrogen-bond donors (Lipinski definition) is 1. The Balaban J connectivity index is 2.02. The molecule has 2 aromatic heterocycles. The van der Waals surface area contributed by atoms with E-state index in [0.717, 1.165) is 27.8 Å². The molecule has 0 atom stereocenters. The average Bonchev–Trinajstić information content (AvgIpc) is 2.98. The van der Waals surface area contributed by atoms with E-state index in [0.29, 0.717) is 0 Å². The third-order valence-electron chi connectivity index (χ3n) is 2.57. The van der Waals surface area contributed by atoms with Gasteiger partial charge in [0, 0.05) is 34.5 Å². The van der Waals surface area contributed by atoms with Crippen LogP contribution < -0.4 is 5.73 Å². The molecule has 0 radical (unpaired) electrons. The molecule has 0 amide bonds. The first-order valence-corrected chi connectivity index (χ1v) is 6.21. The van der Waals surface area contributed by atoms with Crippen LogP contribution >= 0.6 is 11.5 Å². The molecule has 1 aromatic carbocycles. The standard InChI is InChI=1S/C12H11N5S/c1-8-15-12(18-16-8)17-7-9(6-14-17)10-4-2-3-5-11(10)13/h2-7H,13H2,1H3. The minimum atomic E-state index is 0.741. The maximum absolute atomic E-state index is 5.94. The van der Waals surface area contributed by atoms with Gasteiger partial charge in [-0.2, -0.15) is 9.47 Å². The normalized spacial score (nSPS) is 10.7. The zero-order chi connectivity index (χ0) is 12.5. The smallest absolute Gasteiger partial charge is 0.230 e. The second kappa shape index (κ2) is 4.23. The molecule has 0 aliphatic heterocycles. The van der Waals surface area contributed by atoms with Crippen LogP contribution in [0.2, 0.25) is 0 Å². The average molecular weight is 257 g/mol. The molecule has 0 saturated heterocycles. The van der Waals surface area contributed by atoms with Crippen molar-refractivity contribution in [3.63, 3.8) is 0 Å². The van der Waals surface area contributed by atoms with Crippen LogP contribution in [0.1, 0.15) is 5.82 Å². The molecule has 2 heterocycles. The highest BCUT2D eigenvalue weighted by Crippen LogP contribution is 2.25. The summed E-state index contributed by atoms with van der Waals surface area (Å²) in [5, 5.41) is 5.04. The number of aryl methyl sites for hydroxylation is 1. The molecule has 0 bridgehead atoms. The van der Waals surface area contributed by atoms with Crippen LogP contribution in [0.3, 0.4) is 0 Å². The van der Waals surface area contributed by atoms with Crippen molar-refractivity contribution in [2.24, 2.45) is 0 Å². The molecule has 5 nitrogen and oxygen atoms in total. The SMILES string of the molecule is Cc1nsc(-n2cc(-c3ccccc3N)cn2)n1. The van der Waals surface area contributed by atoms with Crippen molar-refractivity contribution in [2.75, 3.05) is 5.73 Å². The van der Waals surface area contributed by atoms with Crippen molar-refractivity contribution < 1.29 is 0 Å². The molecule has 2 N–H and O–H groups in total. The number of nitrogens with zero attached hydrogens (tertiary/aromatic N) is 4. The highest BCUT2D eigenvalue weighted by atomic mass is 32.1. The summed E-state index contributed by atoms with van der Waals surface area (Å²) in [5.41, 5.74) is 8.63. The molecule has 0 aliphatic carbocycles. The Morgan fingerprint density at radius 3 is 2.83 bits per heavy atom. The maximum Gasteiger partial charge on any atom is 0.230 e. The van der Waals surface area contributed by atoms with E-state index < -0.39 is 0 Å². The van der Waals surface area contributed by atoms with E-state index in [2.05, 4.69) is 14.5 Å². The summed E-state index contributed by atoms with van der Waals surface area (Å²) in [6.45, 7) is 1.86. The van der Waals surface area contributed by atoms with E-state index in [-0.39, 0.29) is 0 Å². The largest absolute Gasteiger partial charge is 0.398 e. The van der Waals surface area contributed by atoms with Crippen molar-refractivity contribution in [1.82, 2.24) is 19.1 Å². The molecule has 3 rings (SSSR count). The lowest BCUT2D eigenvalue weighted by atomic mass is 10.1. The van der Waals surface area contributed by atoms with E-state index in [4.69, 9.17) is 5.73 Å². The van der Waals surface area contributed by atoms with Crippen molar-refractivity contribution in [1.29, 1.82) is 0 Å². The molecular formula is C12H11N5S. The number of hydrogen-bond acceptors (Lipinski definition) is 5. The summed E-state index contributed by atoms with van der Waals surface area (Å²) < 4.78 is 5.85. The van der Waals surface area contributed by atoms with Gasteiger partial charge in [-0.15, -0.1) is 0 Å². The predicted octanol–water partition coefficient (Wildman–Crippen LogP) is 2.28. The summed E-state index contributed by atoms with van der Waals surface area (Å²) in [5.74, 6) is 0.756. The molecular weight excluding hydrogens is 246 g/mol. The number of nitrogens with two attached hydrogens (primary N) is 1. The quantitative estimate of drug-likeness (QED) is 0.715. The van der Waals surface area contributed by atoms with Crippen molar-refractivity contribution in [3.8, 4) is 16.3 Å². The zero-order valence-corrected chi connectivity index (χ0v) is 10.6. The lowest BCUT2D eigenvalue weighted by molar-refractivity contribution is 0.864. The van der Waals surface area contributed by atoms with Gasteiger partial charge in [0.15, 0.2) is 0 Å². The Morgan fingerprint density at radius 1 is 1.28 bits per heavy atom. The number of aromatic nitrogens is 4. The van der Waals surface area contributed by atoms with Gasteiger partial charge in [-0.25, -0.2) is 9.67 Å². The molecule has 0 aliphatic rings. The summed E-state index contributed by atoms with van der Waals surface area (Å²) in [4.78, 5) is 4.29. The van der Waals surface area contributed by atoms with Crippen molar-refractivity contribution in [2.45, 2.75) is 6.92 Å².